The number of carbonyl (C=O) groups excluding carboxylic acids is 1. The van der Waals surface area contributed by atoms with Crippen LogP contribution >= 0.6 is 0 Å². The molecular weight excluding hydrogens is 254 g/mol. The Morgan fingerprint density at radius 2 is 2.05 bits per heavy atom. The minimum absolute atomic E-state index is 0.113. The van der Waals surface area contributed by atoms with Crippen molar-refractivity contribution < 1.29 is 14.3 Å². The summed E-state index contributed by atoms with van der Waals surface area (Å²) in [5.41, 5.74) is 0.954. The van der Waals surface area contributed by atoms with Gasteiger partial charge in [0.2, 0.25) is 0 Å². The van der Waals surface area contributed by atoms with Crippen LogP contribution in [0.1, 0.15) is 39.2 Å². The third kappa shape index (κ3) is 3.97. The fourth-order valence-corrected chi connectivity index (χ4v) is 1.87. The van der Waals surface area contributed by atoms with Gasteiger partial charge in [-0.25, -0.2) is 0 Å². The molecule has 1 N–H and O–H groups in total. The Hall–Kier alpha value is -1.55. The molecule has 4 heteroatoms. The van der Waals surface area contributed by atoms with Crippen molar-refractivity contribution in [3.05, 3.63) is 23.8 Å². The van der Waals surface area contributed by atoms with Gasteiger partial charge in [-0.1, -0.05) is 13.8 Å². The lowest BCUT2D eigenvalue weighted by Gasteiger charge is -2.27. The van der Waals surface area contributed by atoms with E-state index < -0.39 is 5.60 Å². The van der Waals surface area contributed by atoms with E-state index in [0.717, 1.165) is 23.4 Å². The molecule has 0 spiro atoms. The molecule has 1 aromatic rings. The molecule has 0 saturated carbocycles. The topological polar surface area (TPSA) is 47.6 Å². The number of amides is 1. The first-order chi connectivity index (χ1) is 9.46. The van der Waals surface area contributed by atoms with Crippen LogP contribution in [0.25, 0.3) is 0 Å². The molecule has 20 heavy (non-hydrogen) atoms. The summed E-state index contributed by atoms with van der Waals surface area (Å²) in [6.07, 6.45) is 1.53. The summed E-state index contributed by atoms with van der Waals surface area (Å²) in [6, 6.07) is 5.58. The van der Waals surface area contributed by atoms with Crippen LogP contribution in [0.3, 0.4) is 0 Å². The average Bonchev–Trinajstić information content (AvgIpc) is 2.44. The molecule has 1 unspecified atom stereocenters. The maximum absolute atomic E-state index is 12.4. The number of hydrogen-bond donors (Lipinski definition) is 1. The van der Waals surface area contributed by atoms with Crippen LogP contribution in [-0.4, -0.2) is 25.2 Å². The van der Waals surface area contributed by atoms with E-state index in [1.807, 2.05) is 45.9 Å². The summed E-state index contributed by atoms with van der Waals surface area (Å²) in [4.78, 5) is 12.4. The van der Waals surface area contributed by atoms with Gasteiger partial charge in [0.15, 0.2) is 0 Å². The SMILES string of the molecule is CCCOC(C)(CC)C(=O)Nc1ccc(OC)c(C)c1. The normalized spacial score (nSPS) is 13.7. The molecule has 0 aliphatic heterocycles. The highest BCUT2D eigenvalue weighted by Crippen LogP contribution is 2.23. The van der Waals surface area contributed by atoms with Crippen molar-refractivity contribution in [3.8, 4) is 5.75 Å². The van der Waals surface area contributed by atoms with Gasteiger partial charge in [-0.3, -0.25) is 4.79 Å². The highest BCUT2D eigenvalue weighted by atomic mass is 16.5. The molecule has 0 radical (unpaired) electrons. The van der Waals surface area contributed by atoms with Gasteiger partial charge in [-0.15, -0.1) is 0 Å². The highest BCUT2D eigenvalue weighted by Gasteiger charge is 2.32. The van der Waals surface area contributed by atoms with Crippen LogP contribution < -0.4 is 10.1 Å². The molecule has 1 rings (SSSR count). The van der Waals surface area contributed by atoms with Crippen LogP contribution in [0.15, 0.2) is 18.2 Å². The van der Waals surface area contributed by atoms with Crippen molar-refractivity contribution in [1.29, 1.82) is 0 Å². The zero-order valence-electron chi connectivity index (χ0n) is 13.1. The van der Waals surface area contributed by atoms with Gasteiger partial charge in [-0.2, -0.15) is 0 Å². The van der Waals surface area contributed by atoms with E-state index in [9.17, 15) is 4.79 Å². The molecule has 1 atom stereocenters. The molecule has 4 nitrogen and oxygen atoms in total. The number of aryl methyl sites for hydroxylation is 1. The third-order valence-electron chi connectivity index (χ3n) is 3.43. The van der Waals surface area contributed by atoms with E-state index in [0.29, 0.717) is 13.0 Å². The van der Waals surface area contributed by atoms with Gasteiger partial charge in [0, 0.05) is 12.3 Å². The lowest BCUT2D eigenvalue weighted by atomic mass is 10.0. The number of ether oxygens (including phenoxy) is 2. The first-order valence-corrected chi connectivity index (χ1v) is 7.07. The Bertz CT molecular complexity index is 459. The molecule has 0 heterocycles. The fraction of sp³-hybridized carbons (Fsp3) is 0.562. The second kappa shape index (κ2) is 7.29. The van der Waals surface area contributed by atoms with E-state index in [4.69, 9.17) is 9.47 Å². The standard InChI is InChI=1S/C16H25NO3/c1-6-10-20-16(4,7-2)15(18)17-13-8-9-14(19-5)12(3)11-13/h8-9,11H,6-7,10H2,1-5H3,(H,17,18). The summed E-state index contributed by atoms with van der Waals surface area (Å²) in [7, 11) is 1.63. The highest BCUT2D eigenvalue weighted by molar-refractivity contribution is 5.97. The van der Waals surface area contributed by atoms with Crippen molar-refractivity contribution in [3.63, 3.8) is 0 Å². The van der Waals surface area contributed by atoms with Crippen molar-refractivity contribution in [1.82, 2.24) is 0 Å². The molecule has 0 aromatic heterocycles. The van der Waals surface area contributed by atoms with Crippen molar-refractivity contribution in [2.75, 3.05) is 19.0 Å². The summed E-state index contributed by atoms with van der Waals surface area (Å²) < 4.78 is 10.9. The summed E-state index contributed by atoms with van der Waals surface area (Å²) in [6.45, 7) is 8.34. The van der Waals surface area contributed by atoms with Gasteiger partial charge >= 0.3 is 0 Å². The Morgan fingerprint density at radius 1 is 1.35 bits per heavy atom. The first-order valence-electron chi connectivity index (χ1n) is 7.07. The zero-order chi connectivity index (χ0) is 15.2. The molecular formula is C16H25NO3. The number of anilines is 1. The summed E-state index contributed by atoms with van der Waals surface area (Å²) >= 11 is 0. The quantitative estimate of drug-likeness (QED) is 0.830. The van der Waals surface area contributed by atoms with Gasteiger partial charge in [-0.05, 0) is 50.5 Å². The van der Waals surface area contributed by atoms with E-state index in [1.54, 1.807) is 7.11 Å². The maximum atomic E-state index is 12.4. The number of methoxy groups -OCH3 is 1. The molecule has 0 bridgehead atoms. The maximum Gasteiger partial charge on any atom is 0.256 e. The number of carbonyl (C=O) groups is 1. The molecule has 0 fully saturated rings. The molecule has 0 saturated heterocycles. The molecule has 1 amide bonds. The van der Waals surface area contributed by atoms with Crippen LogP contribution in [0.4, 0.5) is 5.69 Å². The predicted octanol–water partition coefficient (Wildman–Crippen LogP) is 3.54. The van der Waals surface area contributed by atoms with Gasteiger partial charge in [0.05, 0.1) is 7.11 Å². The Kier molecular flexibility index (Phi) is 6.02. The van der Waals surface area contributed by atoms with E-state index in [-0.39, 0.29) is 5.91 Å². The number of benzene rings is 1. The van der Waals surface area contributed by atoms with E-state index >= 15 is 0 Å². The lowest BCUT2D eigenvalue weighted by Crippen LogP contribution is -2.42. The van der Waals surface area contributed by atoms with Crippen LogP contribution in [0, 0.1) is 6.92 Å². The molecule has 1 aromatic carbocycles. The first kappa shape index (κ1) is 16.5. The second-order valence-corrected chi connectivity index (χ2v) is 5.07. The Morgan fingerprint density at radius 3 is 2.55 bits per heavy atom. The van der Waals surface area contributed by atoms with Gasteiger partial charge in [0.1, 0.15) is 11.4 Å². The molecule has 0 aliphatic carbocycles. The second-order valence-electron chi connectivity index (χ2n) is 5.07. The number of nitrogens with one attached hydrogen (secondary N) is 1. The van der Waals surface area contributed by atoms with Crippen molar-refractivity contribution >= 4 is 11.6 Å². The largest absolute Gasteiger partial charge is 0.496 e. The summed E-state index contributed by atoms with van der Waals surface area (Å²) in [5, 5.41) is 2.91. The predicted molar refractivity (Wildman–Crippen MR) is 81.3 cm³/mol. The van der Waals surface area contributed by atoms with Gasteiger partial charge in [0.25, 0.3) is 5.91 Å². The van der Waals surface area contributed by atoms with Crippen LogP contribution in [0.2, 0.25) is 0 Å². The zero-order valence-corrected chi connectivity index (χ0v) is 13.1. The smallest absolute Gasteiger partial charge is 0.256 e. The third-order valence-corrected chi connectivity index (χ3v) is 3.43. The van der Waals surface area contributed by atoms with Crippen molar-refractivity contribution in [2.45, 2.75) is 46.1 Å². The fourth-order valence-electron chi connectivity index (χ4n) is 1.87. The van der Waals surface area contributed by atoms with Crippen LogP contribution in [-0.2, 0) is 9.53 Å². The van der Waals surface area contributed by atoms with Crippen molar-refractivity contribution in [2.24, 2.45) is 0 Å². The minimum Gasteiger partial charge on any atom is -0.496 e. The Labute approximate surface area is 121 Å². The summed E-state index contributed by atoms with van der Waals surface area (Å²) in [5.74, 6) is 0.696. The average molecular weight is 279 g/mol. The minimum atomic E-state index is -0.788. The number of rotatable bonds is 7. The Balaban J connectivity index is 2.80. The van der Waals surface area contributed by atoms with E-state index in [1.165, 1.54) is 0 Å². The van der Waals surface area contributed by atoms with Crippen LogP contribution in [0.5, 0.6) is 5.75 Å². The monoisotopic (exact) mass is 279 g/mol. The van der Waals surface area contributed by atoms with E-state index in [2.05, 4.69) is 5.32 Å². The lowest BCUT2D eigenvalue weighted by molar-refractivity contribution is -0.139. The molecule has 112 valence electrons. The number of hydrogen-bond acceptors (Lipinski definition) is 3. The molecule has 0 aliphatic rings. The van der Waals surface area contributed by atoms with Gasteiger partial charge < -0.3 is 14.8 Å².